The Morgan fingerprint density at radius 1 is 1.12 bits per heavy atom. The summed E-state index contributed by atoms with van der Waals surface area (Å²) in [5.41, 5.74) is 0.745. The third kappa shape index (κ3) is 3.01. The zero-order valence-electron chi connectivity index (χ0n) is 9.51. The van der Waals surface area contributed by atoms with Gasteiger partial charge in [0.2, 0.25) is 0 Å². The minimum atomic E-state index is -3.41. The number of nitrogens with zero attached hydrogens (tertiary/aromatic N) is 2. The highest BCUT2D eigenvalue weighted by atomic mass is 32.2. The molecule has 0 fully saturated rings. The van der Waals surface area contributed by atoms with E-state index in [1.807, 2.05) is 0 Å². The molecule has 0 aliphatic carbocycles. The van der Waals surface area contributed by atoms with Crippen molar-refractivity contribution in [3.05, 3.63) is 35.6 Å². The highest BCUT2D eigenvalue weighted by molar-refractivity contribution is 7.86. The molecule has 0 aliphatic heterocycles. The largest absolute Gasteiger partial charge is 0.281 e. The SMILES string of the molecule is CN(C)S(=O)(=O)N(C)Cc1ccc(F)cc1. The molecule has 0 bridgehead atoms. The van der Waals surface area contributed by atoms with Gasteiger partial charge in [-0.15, -0.1) is 0 Å². The second-order valence-electron chi connectivity index (χ2n) is 3.67. The summed E-state index contributed by atoms with van der Waals surface area (Å²) in [6, 6.07) is 5.75. The minimum absolute atomic E-state index is 0.223. The number of rotatable bonds is 4. The van der Waals surface area contributed by atoms with Gasteiger partial charge in [0, 0.05) is 27.7 Å². The summed E-state index contributed by atoms with van der Waals surface area (Å²) in [6.45, 7) is 0.223. The second-order valence-corrected chi connectivity index (χ2v) is 5.92. The maximum absolute atomic E-state index is 12.6. The Balaban J connectivity index is 2.79. The molecule has 1 aromatic carbocycles. The molecule has 0 unspecified atom stereocenters. The highest BCUT2D eigenvalue weighted by Gasteiger charge is 2.20. The fourth-order valence-electron chi connectivity index (χ4n) is 1.21. The van der Waals surface area contributed by atoms with Gasteiger partial charge in [0.05, 0.1) is 0 Å². The lowest BCUT2D eigenvalue weighted by Gasteiger charge is -2.21. The smallest absolute Gasteiger partial charge is 0.207 e. The van der Waals surface area contributed by atoms with E-state index in [4.69, 9.17) is 0 Å². The molecule has 16 heavy (non-hydrogen) atoms. The third-order valence-electron chi connectivity index (χ3n) is 2.17. The summed E-state index contributed by atoms with van der Waals surface area (Å²) >= 11 is 0. The van der Waals surface area contributed by atoms with Gasteiger partial charge in [-0.2, -0.15) is 17.0 Å². The molecule has 0 atom stereocenters. The Bertz CT molecular complexity index is 442. The van der Waals surface area contributed by atoms with Gasteiger partial charge in [0.25, 0.3) is 10.2 Å². The van der Waals surface area contributed by atoms with Gasteiger partial charge in [-0.05, 0) is 17.7 Å². The molecule has 6 heteroatoms. The van der Waals surface area contributed by atoms with E-state index in [0.29, 0.717) is 0 Å². The Hall–Kier alpha value is -0.980. The fraction of sp³-hybridized carbons (Fsp3) is 0.400. The van der Waals surface area contributed by atoms with Gasteiger partial charge in [-0.25, -0.2) is 4.39 Å². The summed E-state index contributed by atoms with van der Waals surface area (Å²) in [5.74, 6) is -0.332. The lowest BCUT2D eigenvalue weighted by Crippen LogP contribution is -2.36. The Labute approximate surface area is 95.5 Å². The topological polar surface area (TPSA) is 40.6 Å². The Morgan fingerprint density at radius 2 is 1.62 bits per heavy atom. The molecule has 0 amide bonds. The van der Waals surface area contributed by atoms with E-state index in [2.05, 4.69) is 0 Å². The molecule has 0 aliphatic rings. The minimum Gasteiger partial charge on any atom is -0.207 e. The average molecular weight is 246 g/mol. The first-order chi connectivity index (χ1) is 7.34. The van der Waals surface area contributed by atoms with Gasteiger partial charge in [0.15, 0.2) is 0 Å². The molecule has 0 radical (unpaired) electrons. The van der Waals surface area contributed by atoms with Crippen LogP contribution < -0.4 is 0 Å². The van der Waals surface area contributed by atoms with Gasteiger partial charge < -0.3 is 0 Å². The molecule has 4 nitrogen and oxygen atoms in total. The molecule has 0 heterocycles. The molecular formula is C10H15FN2O2S. The van der Waals surface area contributed by atoms with Crippen molar-refractivity contribution in [2.45, 2.75) is 6.54 Å². The van der Waals surface area contributed by atoms with E-state index < -0.39 is 10.2 Å². The number of halogens is 1. The molecule has 0 saturated heterocycles. The summed E-state index contributed by atoms with van der Waals surface area (Å²) < 4.78 is 38.3. The van der Waals surface area contributed by atoms with Crippen LogP contribution in [0.3, 0.4) is 0 Å². The highest BCUT2D eigenvalue weighted by Crippen LogP contribution is 2.09. The molecule has 0 saturated carbocycles. The Kier molecular flexibility index (Phi) is 4.01. The fourth-order valence-corrected chi connectivity index (χ4v) is 2.08. The van der Waals surface area contributed by atoms with Crippen molar-refractivity contribution in [3.8, 4) is 0 Å². The monoisotopic (exact) mass is 246 g/mol. The molecule has 1 aromatic rings. The first-order valence-electron chi connectivity index (χ1n) is 4.72. The maximum Gasteiger partial charge on any atom is 0.281 e. The predicted octanol–water partition coefficient (Wildman–Crippen LogP) is 1.06. The van der Waals surface area contributed by atoms with Crippen LogP contribution in [-0.2, 0) is 16.8 Å². The van der Waals surface area contributed by atoms with Gasteiger partial charge in [-0.1, -0.05) is 12.1 Å². The molecule has 0 spiro atoms. The van der Waals surface area contributed by atoms with Crippen molar-refractivity contribution >= 4 is 10.2 Å². The van der Waals surface area contributed by atoms with Gasteiger partial charge >= 0.3 is 0 Å². The van der Waals surface area contributed by atoms with E-state index >= 15 is 0 Å². The Morgan fingerprint density at radius 3 is 2.06 bits per heavy atom. The third-order valence-corrected chi connectivity index (χ3v) is 4.01. The molecule has 0 aromatic heterocycles. The lowest BCUT2D eigenvalue weighted by molar-refractivity contribution is 0.414. The second kappa shape index (κ2) is 4.90. The van der Waals surface area contributed by atoms with Crippen LogP contribution in [0.25, 0.3) is 0 Å². The van der Waals surface area contributed by atoms with Crippen LogP contribution in [0.4, 0.5) is 4.39 Å². The first-order valence-corrected chi connectivity index (χ1v) is 6.12. The standard InChI is InChI=1S/C10H15FN2O2S/c1-12(2)16(14,15)13(3)8-9-4-6-10(11)7-5-9/h4-7H,8H2,1-3H3. The predicted molar refractivity (Wildman–Crippen MR) is 60.5 cm³/mol. The van der Waals surface area contributed by atoms with Crippen molar-refractivity contribution in [1.29, 1.82) is 0 Å². The number of hydrogen-bond acceptors (Lipinski definition) is 2. The van der Waals surface area contributed by atoms with Gasteiger partial charge in [-0.3, -0.25) is 0 Å². The van der Waals surface area contributed by atoms with E-state index in [1.54, 1.807) is 12.1 Å². The van der Waals surface area contributed by atoms with Crippen LogP contribution in [0.2, 0.25) is 0 Å². The van der Waals surface area contributed by atoms with Crippen LogP contribution in [0.1, 0.15) is 5.56 Å². The maximum atomic E-state index is 12.6. The van der Waals surface area contributed by atoms with E-state index in [0.717, 1.165) is 9.87 Å². The zero-order chi connectivity index (χ0) is 12.3. The normalized spacial score (nSPS) is 12.4. The molecular weight excluding hydrogens is 231 g/mol. The number of hydrogen-bond donors (Lipinski definition) is 0. The van der Waals surface area contributed by atoms with E-state index in [-0.39, 0.29) is 12.4 Å². The van der Waals surface area contributed by atoms with Crippen LogP contribution in [0.5, 0.6) is 0 Å². The molecule has 90 valence electrons. The summed E-state index contributed by atoms with van der Waals surface area (Å²) in [7, 11) is 1.01. The molecule has 0 N–H and O–H groups in total. The van der Waals surface area contributed by atoms with Crippen molar-refractivity contribution in [2.24, 2.45) is 0 Å². The van der Waals surface area contributed by atoms with Crippen LogP contribution in [-0.4, -0.2) is 38.2 Å². The van der Waals surface area contributed by atoms with Crippen molar-refractivity contribution < 1.29 is 12.8 Å². The van der Waals surface area contributed by atoms with Gasteiger partial charge in [0.1, 0.15) is 5.82 Å². The summed E-state index contributed by atoms with van der Waals surface area (Å²) in [5, 5.41) is 0. The molecule has 1 rings (SSSR count). The quantitative estimate of drug-likeness (QED) is 0.797. The van der Waals surface area contributed by atoms with Crippen LogP contribution in [0.15, 0.2) is 24.3 Å². The van der Waals surface area contributed by atoms with E-state index in [9.17, 15) is 12.8 Å². The zero-order valence-corrected chi connectivity index (χ0v) is 10.3. The van der Waals surface area contributed by atoms with Crippen molar-refractivity contribution in [2.75, 3.05) is 21.1 Å². The van der Waals surface area contributed by atoms with Crippen molar-refractivity contribution in [3.63, 3.8) is 0 Å². The van der Waals surface area contributed by atoms with E-state index in [1.165, 1.54) is 37.6 Å². The van der Waals surface area contributed by atoms with Crippen molar-refractivity contribution in [1.82, 2.24) is 8.61 Å². The van der Waals surface area contributed by atoms with Crippen LogP contribution >= 0.6 is 0 Å². The number of benzene rings is 1. The summed E-state index contributed by atoms with van der Waals surface area (Å²) in [4.78, 5) is 0. The summed E-state index contributed by atoms with van der Waals surface area (Å²) in [6.07, 6.45) is 0. The first kappa shape index (κ1) is 13.1. The average Bonchev–Trinajstić information content (AvgIpc) is 2.21. The lowest BCUT2D eigenvalue weighted by atomic mass is 10.2. The van der Waals surface area contributed by atoms with Crippen LogP contribution in [0, 0.1) is 5.82 Å².